The zero-order valence-corrected chi connectivity index (χ0v) is 17.6. The molecular weight excluding hydrogens is 381 g/mol. The van der Waals surface area contributed by atoms with Gasteiger partial charge in [0.05, 0.1) is 18.3 Å². The molecule has 160 valence electrons. The highest BCUT2D eigenvalue weighted by atomic mass is 19.1. The van der Waals surface area contributed by atoms with E-state index < -0.39 is 0 Å². The van der Waals surface area contributed by atoms with Crippen molar-refractivity contribution < 1.29 is 13.7 Å². The fraction of sp³-hybridized carbons (Fsp3) is 0.583. The number of carbonyl (C=O) groups excluding carboxylic acids is 1. The lowest BCUT2D eigenvalue weighted by Gasteiger charge is -2.29. The van der Waals surface area contributed by atoms with Gasteiger partial charge in [0.25, 0.3) is 0 Å². The average Bonchev–Trinajstić information content (AvgIpc) is 3.43. The van der Waals surface area contributed by atoms with Crippen molar-refractivity contribution in [3.8, 4) is 0 Å². The van der Waals surface area contributed by atoms with Gasteiger partial charge in [-0.1, -0.05) is 36.6 Å². The van der Waals surface area contributed by atoms with Gasteiger partial charge >= 0.3 is 0 Å². The number of halogens is 1. The predicted molar refractivity (Wildman–Crippen MR) is 111 cm³/mol. The molecule has 3 fully saturated rings. The molecule has 1 amide bonds. The summed E-state index contributed by atoms with van der Waals surface area (Å²) in [4.78, 5) is 16.6. The molecule has 30 heavy (non-hydrogen) atoms. The third kappa shape index (κ3) is 3.78. The molecule has 3 heterocycles. The van der Waals surface area contributed by atoms with Crippen LogP contribution in [0, 0.1) is 17.7 Å². The van der Waals surface area contributed by atoms with Crippen LogP contribution in [0.4, 0.5) is 4.39 Å². The number of likely N-dealkylation sites (tertiary alicyclic amines) is 2. The van der Waals surface area contributed by atoms with E-state index in [0.29, 0.717) is 17.8 Å². The van der Waals surface area contributed by atoms with Crippen molar-refractivity contribution in [1.82, 2.24) is 15.0 Å². The molecule has 2 aliphatic heterocycles. The molecule has 2 saturated heterocycles. The van der Waals surface area contributed by atoms with Crippen LogP contribution in [-0.2, 0) is 11.3 Å². The molecule has 0 N–H and O–H groups in total. The molecule has 0 unspecified atom stereocenters. The summed E-state index contributed by atoms with van der Waals surface area (Å²) in [5, 5.41) is 4.37. The minimum absolute atomic E-state index is 0.0549. The zero-order chi connectivity index (χ0) is 20.7. The molecule has 6 heteroatoms. The second kappa shape index (κ2) is 8.14. The number of carbonyl (C=O) groups is 1. The number of rotatable bonds is 4. The Balaban J connectivity index is 1.29. The quantitative estimate of drug-likeness (QED) is 0.743. The Morgan fingerprint density at radius 1 is 1.17 bits per heavy atom. The Morgan fingerprint density at radius 2 is 2.00 bits per heavy atom. The number of amides is 1. The van der Waals surface area contributed by atoms with E-state index in [1.165, 1.54) is 38.2 Å². The Labute approximate surface area is 177 Å². The maximum atomic E-state index is 13.9. The first-order valence-electron chi connectivity index (χ1n) is 11.3. The average molecular weight is 412 g/mol. The van der Waals surface area contributed by atoms with Crippen molar-refractivity contribution in [2.45, 2.75) is 57.5 Å². The molecule has 5 nitrogen and oxygen atoms in total. The van der Waals surface area contributed by atoms with Gasteiger partial charge in [0.2, 0.25) is 5.91 Å². The summed E-state index contributed by atoms with van der Waals surface area (Å²) < 4.78 is 19.6. The minimum atomic E-state index is -0.244. The van der Waals surface area contributed by atoms with Crippen LogP contribution < -0.4 is 0 Å². The van der Waals surface area contributed by atoms with E-state index in [1.807, 2.05) is 11.0 Å². The zero-order valence-electron chi connectivity index (χ0n) is 17.6. The van der Waals surface area contributed by atoms with Crippen molar-refractivity contribution in [1.29, 1.82) is 0 Å². The van der Waals surface area contributed by atoms with Crippen molar-refractivity contribution in [3.05, 3.63) is 53.2 Å². The highest BCUT2D eigenvalue weighted by Crippen LogP contribution is 2.45. The molecule has 0 radical (unpaired) electrons. The summed E-state index contributed by atoms with van der Waals surface area (Å²) in [7, 11) is 0. The molecule has 3 aliphatic rings. The first-order valence-corrected chi connectivity index (χ1v) is 11.3. The van der Waals surface area contributed by atoms with Gasteiger partial charge in [-0.25, -0.2) is 4.39 Å². The highest BCUT2D eigenvalue weighted by Gasteiger charge is 2.48. The van der Waals surface area contributed by atoms with Crippen molar-refractivity contribution in [2.75, 3.05) is 19.6 Å². The maximum absolute atomic E-state index is 13.9. The van der Waals surface area contributed by atoms with Gasteiger partial charge in [-0.15, -0.1) is 0 Å². The summed E-state index contributed by atoms with van der Waals surface area (Å²) in [6, 6.07) is 8.82. The lowest BCUT2D eigenvalue weighted by atomic mass is 9.87. The van der Waals surface area contributed by atoms with Crippen LogP contribution in [0.15, 0.2) is 34.9 Å². The molecule has 1 saturated carbocycles. The lowest BCUT2D eigenvalue weighted by molar-refractivity contribution is -0.130. The van der Waals surface area contributed by atoms with E-state index in [0.717, 1.165) is 43.2 Å². The molecule has 0 bridgehead atoms. The number of benzene rings is 1. The fourth-order valence-corrected chi connectivity index (χ4v) is 5.92. The summed E-state index contributed by atoms with van der Waals surface area (Å²) in [6.45, 7) is 4.92. The van der Waals surface area contributed by atoms with Crippen LogP contribution in [0.3, 0.4) is 0 Å². The molecule has 0 spiro atoms. The summed E-state index contributed by atoms with van der Waals surface area (Å²) in [5.74, 6) is 2.03. The Kier molecular flexibility index (Phi) is 5.35. The number of nitrogens with zero attached hydrogens (tertiary/aromatic N) is 3. The maximum Gasteiger partial charge on any atom is 0.219 e. The first-order chi connectivity index (χ1) is 14.6. The largest absolute Gasteiger partial charge is 0.360 e. The predicted octanol–water partition coefficient (Wildman–Crippen LogP) is 4.51. The lowest BCUT2D eigenvalue weighted by Crippen LogP contribution is -2.34. The van der Waals surface area contributed by atoms with E-state index in [9.17, 15) is 9.18 Å². The Bertz CT molecular complexity index is 907. The third-order valence-electron chi connectivity index (χ3n) is 7.31. The van der Waals surface area contributed by atoms with Gasteiger partial charge < -0.3 is 9.42 Å². The summed E-state index contributed by atoms with van der Waals surface area (Å²) >= 11 is 0. The summed E-state index contributed by atoms with van der Waals surface area (Å²) in [6.07, 6.45) is 6.35. The fourth-order valence-electron chi connectivity index (χ4n) is 5.92. The summed E-state index contributed by atoms with van der Waals surface area (Å²) in [5.41, 5.74) is 2.02. The van der Waals surface area contributed by atoms with E-state index in [-0.39, 0.29) is 17.8 Å². The van der Waals surface area contributed by atoms with Gasteiger partial charge in [-0.2, -0.15) is 0 Å². The van der Waals surface area contributed by atoms with Crippen LogP contribution in [0.25, 0.3) is 0 Å². The molecule has 1 aliphatic carbocycles. The highest BCUT2D eigenvalue weighted by molar-refractivity contribution is 5.74. The minimum Gasteiger partial charge on any atom is -0.360 e. The SMILES string of the molecule is CC(=O)N1C[C@H]2CN(Cc3cc(C4CCCCC4)no3)C[C@H]2[C@@H]1c1cccc(F)c1. The van der Waals surface area contributed by atoms with Crippen LogP contribution in [0.1, 0.15) is 68.0 Å². The smallest absolute Gasteiger partial charge is 0.219 e. The van der Waals surface area contributed by atoms with Gasteiger partial charge in [0.15, 0.2) is 5.76 Å². The molecule has 1 aromatic heterocycles. The van der Waals surface area contributed by atoms with Crippen molar-refractivity contribution in [3.63, 3.8) is 0 Å². The van der Waals surface area contributed by atoms with Gasteiger partial charge in [0, 0.05) is 44.5 Å². The second-order valence-electron chi connectivity index (χ2n) is 9.34. The normalized spacial score (nSPS) is 27.5. The van der Waals surface area contributed by atoms with Gasteiger partial charge in [-0.3, -0.25) is 9.69 Å². The van der Waals surface area contributed by atoms with E-state index in [4.69, 9.17) is 4.52 Å². The second-order valence-corrected chi connectivity index (χ2v) is 9.34. The molecule has 3 atom stereocenters. The van der Waals surface area contributed by atoms with Crippen LogP contribution in [0.5, 0.6) is 0 Å². The van der Waals surface area contributed by atoms with E-state index in [1.54, 1.807) is 19.1 Å². The number of aromatic nitrogens is 1. The number of hydrogen-bond acceptors (Lipinski definition) is 4. The van der Waals surface area contributed by atoms with Crippen molar-refractivity contribution >= 4 is 5.91 Å². The third-order valence-corrected chi connectivity index (χ3v) is 7.31. The van der Waals surface area contributed by atoms with Crippen LogP contribution in [0.2, 0.25) is 0 Å². The van der Waals surface area contributed by atoms with E-state index >= 15 is 0 Å². The van der Waals surface area contributed by atoms with Crippen LogP contribution >= 0.6 is 0 Å². The van der Waals surface area contributed by atoms with Crippen LogP contribution in [-0.4, -0.2) is 40.5 Å². The number of hydrogen-bond donors (Lipinski definition) is 0. The van der Waals surface area contributed by atoms with E-state index in [2.05, 4.69) is 16.1 Å². The Hall–Kier alpha value is -2.21. The monoisotopic (exact) mass is 411 g/mol. The molecule has 1 aromatic carbocycles. The Morgan fingerprint density at radius 3 is 2.77 bits per heavy atom. The molecule has 2 aromatic rings. The number of fused-ring (bicyclic) bond motifs is 1. The first kappa shape index (κ1) is 19.7. The van der Waals surface area contributed by atoms with Crippen molar-refractivity contribution in [2.24, 2.45) is 11.8 Å². The standard InChI is InChI=1S/C24H30FN3O2/c1-16(29)28-13-19-12-27(15-22(19)24(28)18-8-5-9-20(25)10-18)14-21-11-23(26-30-21)17-6-3-2-4-7-17/h5,8-11,17,19,22,24H,2-4,6-7,12-15H2,1H3/t19-,22-,24+/m1/s1. The van der Waals surface area contributed by atoms with Gasteiger partial charge in [0.1, 0.15) is 5.82 Å². The topological polar surface area (TPSA) is 49.6 Å². The molecule has 5 rings (SSSR count). The molecular formula is C24H30FN3O2. The van der Waals surface area contributed by atoms with Gasteiger partial charge in [-0.05, 0) is 36.5 Å².